The van der Waals surface area contributed by atoms with Crippen molar-refractivity contribution in [1.29, 1.82) is 0 Å². The van der Waals surface area contributed by atoms with Crippen molar-refractivity contribution >= 4 is 16.8 Å². The van der Waals surface area contributed by atoms with Crippen LogP contribution in [-0.4, -0.2) is 41.1 Å². The number of rotatable bonds is 4. The van der Waals surface area contributed by atoms with Crippen LogP contribution in [0.3, 0.4) is 0 Å². The van der Waals surface area contributed by atoms with Crippen LogP contribution in [0.15, 0.2) is 42.6 Å². The van der Waals surface area contributed by atoms with Gasteiger partial charge in [0.25, 0.3) is 5.91 Å². The summed E-state index contributed by atoms with van der Waals surface area (Å²) in [6, 6.07) is 11.7. The Bertz CT molecular complexity index is 911. The maximum absolute atomic E-state index is 12.6. The Morgan fingerprint density at radius 2 is 2.04 bits per heavy atom. The second kappa shape index (κ2) is 7.17. The summed E-state index contributed by atoms with van der Waals surface area (Å²) < 4.78 is 5.13. The summed E-state index contributed by atoms with van der Waals surface area (Å²) in [4.78, 5) is 20.1. The molecule has 1 fully saturated rings. The Kier molecular flexibility index (Phi) is 4.58. The van der Waals surface area contributed by atoms with Gasteiger partial charge < -0.3 is 9.72 Å². The number of hydrogen-bond donors (Lipinski definition) is 2. The predicted molar refractivity (Wildman–Crippen MR) is 101 cm³/mol. The lowest BCUT2D eigenvalue weighted by molar-refractivity contribution is 0.0745. The van der Waals surface area contributed by atoms with Gasteiger partial charge in [0, 0.05) is 41.8 Å². The highest BCUT2D eigenvalue weighted by Crippen LogP contribution is 2.29. The zero-order chi connectivity index (χ0) is 17.9. The van der Waals surface area contributed by atoms with Crippen molar-refractivity contribution in [3.05, 3.63) is 48.3 Å². The highest BCUT2D eigenvalue weighted by atomic mass is 16.5. The molecule has 1 aliphatic rings. The number of carbonyl (C=O) groups is 1. The first-order chi connectivity index (χ1) is 12.7. The van der Waals surface area contributed by atoms with E-state index in [1.165, 1.54) is 6.42 Å². The van der Waals surface area contributed by atoms with Gasteiger partial charge in [-0.3, -0.25) is 10.2 Å². The number of hydrazine groups is 1. The van der Waals surface area contributed by atoms with Gasteiger partial charge in [0.05, 0.1) is 7.11 Å². The Morgan fingerprint density at radius 1 is 1.19 bits per heavy atom. The topological polar surface area (TPSA) is 70.2 Å². The maximum atomic E-state index is 12.6. The quantitative estimate of drug-likeness (QED) is 0.757. The van der Waals surface area contributed by atoms with Crippen molar-refractivity contribution in [3.8, 4) is 17.0 Å². The third kappa shape index (κ3) is 3.28. The van der Waals surface area contributed by atoms with Crippen LogP contribution in [0.25, 0.3) is 22.0 Å². The van der Waals surface area contributed by atoms with E-state index < -0.39 is 0 Å². The SMILES string of the molecule is COc1ccc(-c2cccc3[nH]c(C(=O)NN4CCCCC4)cc23)cn1. The number of carbonyl (C=O) groups excluding carboxylic acids is 1. The number of pyridine rings is 1. The number of nitrogens with one attached hydrogen (secondary N) is 2. The van der Waals surface area contributed by atoms with Crippen LogP contribution in [0.4, 0.5) is 0 Å². The number of nitrogens with zero attached hydrogens (tertiary/aromatic N) is 2. The number of benzene rings is 1. The number of aromatic nitrogens is 2. The first kappa shape index (κ1) is 16.6. The molecule has 1 aromatic carbocycles. The van der Waals surface area contributed by atoms with E-state index in [0.29, 0.717) is 11.6 Å². The summed E-state index contributed by atoms with van der Waals surface area (Å²) >= 11 is 0. The van der Waals surface area contributed by atoms with Crippen molar-refractivity contribution in [2.75, 3.05) is 20.2 Å². The van der Waals surface area contributed by atoms with E-state index in [2.05, 4.69) is 15.4 Å². The molecule has 0 bridgehead atoms. The van der Waals surface area contributed by atoms with Gasteiger partial charge in [0.15, 0.2) is 0 Å². The van der Waals surface area contributed by atoms with Gasteiger partial charge in [-0.15, -0.1) is 0 Å². The average molecular weight is 350 g/mol. The third-order valence-corrected chi connectivity index (χ3v) is 4.78. The Labute approximate surface area is 152 Å². The van der Waals surface area contributed by atoms with Gasteiger partial charge in [-0.05, 0) is 36.6 Å². The third-order valence-electron chi connectivity index (χ3n) is 4.78. The van der Waals surface area contributed by atoms with Crippen LogP contribution in [0.2, 0.25) is 0 Å². The number of piperidine rings is 1. The molecular weight excluding hydrogens is 328 g/mol. The molecule has 1 amide bonds. The summed E-state index contributed by atoms with van der Waals surface area (Å²) in [5, 5.41) is 3.01. The molecule has 0 unspecified atom stereocenters. The van der Waals surface area contributed by atoms with Gasteiger partial charge in [-0.25, -0.2) is 9.99 Å². The summed E-state index contributed by atoms with van der Waals surface area (Å²) in [6.45, 7) is 1.82. The van der Waals surface area contributed by atoms with Crippen LogP contribution >= 0.6 is 0 Å². The molecule has 0 spiro atoms. The first-order valence-corrected chi connectivity index (χ1v) is 8.93. The molecule has 6 heteroatoms. The predicted octanol–water partition coefficient (Wildman–Crippen LogP) is 3.37. The number of amides is 1. The lowest BCUT2D eigenvalue weighted by Gasteiger charge is -2.26. The molecule has 6 nitrogen and oxygen atoms in total. The van der Waals surface area contributed by atoms with E-state index in [-0.39, 0.29) is 5.91 Å². The number of methoxy groups -OCH3 is 1. The minimum absolute atomic E-state index is 0.0955. The van der Waals surface area contributed by atoms with Crippen LogP contribution in [0, 0.1) is 0 Å². The number of fused-ring (bicyclic) bond motifs is 1. The zero-order valence-corrected chi connectivity index (χ0v) is 14.8. The second-order valence-corrected chi connectivity index (χ2v) is 6.53. The van der Waals surface area contributed by atoms with Gasteiger partial charge in [0.2, 0.25) is 5.88 Å². The van der Waals surface area contributed by atoms with Crippen molar-refractivity contribution < 1.29 is 9.53 Å². The van der Waals surface area contributed by atoms with Crippen molar-refractivity contribution in [2.45, 2.75) is 19.3 Å². The van der Waals surface area contributed by atoms with Gasteiger partial charge in [0.1, 0.15) is 5.69 Å². The van der Waals surface area contributed by atoms with E-state index in [1.54, 1.807) is 13.3 Å². The van der Waals surface area contributed by atoms with Crippen molar-refractivity contribution in [1.82, 2.24) is 20.4 Å². The van der Waals surface area contributed by atoms with Crippen molar-refractivity contribution in [2.24, 2.45) is 0 Å². The fraction of sp³-hybridized carbons (Fsp3) is 0.300. The monoisotopic (exact) mass is 350 g/mol. The molecule has 2 N–H and O–H groups in total. The van der Waals surface area contributed by atoms with Crippen LogP contribution in [-0.2, 0) is 0 Å². The summed E-state index contributed by atoms with van der Waals surface area (Å²) in [7, 11) is 1.60. The zero-order valence-electron chi connectivity index (χ0n) is 14.8. The minimum atomic E-state index is -0.0955. The molecule has 26 heavy (non-hydrogen) atoms. The largest absolute Gasteiger partial charge is 0.481 e. The molecule has 3 heterocycles. The lowest BCUT2D eigenvalue weighted by atomic mass is 10.0. The lowest BCUT2D eigenvalue weighted by Crippen LogP contribution is -2.45. The summed E-state index contributed by atoms with van der Waals surface area (Å²) in [5.41, 5.74) is 6.52. The minimum Gasteiger partial charge on any atom is -0.481 e. The second-order valence-electron chi connectivity index (χ2n) is 6.53. The molecule has 4 rings (SSSR count). The van der Waals surface area contributed by atoms with E-state index in [4.69, 9.17) is 4.74 Å². The average Bonchev–Trinajstić information content (AvgIpc) is 3.13. The van der Waals surface area contributed by atoms with Crippen molar-refractivity contribution in [3.63, 3.8) is 0 Å². The summed E-state index contributed by atoms with van der Waals surface area (Å²) in [5.74, 6) is 0.485. The van der Waals surface area contributed by atoms with Crippen LogP contribution in [0.5, 0.6) is 5.88 Å². The molecule has 134 valence electrons. The molecule has 1 saturated heterocycles. The molecule has 2 aromatic heterocycles. The van der Waals surface area contributed by atoms with E-state index in [9.17, 15) is 4.79 Å². The van der Waals surface area contributed by atoms with Gasteiger partial charge in [-0.1, -0.05) is 18.6 Å². The normalized spacial score (nSPS) is 15.1. The standard InChI is InChI=1S/C20H22N4O2/c1-26-19-9-8-14(13-21-19)15-6-5-7-17-16(15)12-18(22-17)20(25)23-24-10-3-2-4-11-24/h5-9,12-13,22H,2-4,10-11H2,1H3,(H,23,25). The Morgan fingerprint density at radius 3 is 2.77 bits per heavy atom. The highest BCUT2D eigenvalue weighted by molar-refractivity contribution is 6.02. The fourth-order valence-electron chi connectivity index (χ4n) is 3.40. The fourth-order valence-corrected chi connectivity index (χ4v) is 3.40. The summed E-state index contributed by atoms with van der Waals surface area (Å²) in [6.07, 6.45) is 5.27. The number of aromatic amines is 1. The smallest absolute Gasteiger partial charge is 0.282 e. The van der Waals surface area contributed by atoms with E-state index >= 15 is 0 Å². The van der Waals surface area contributed by atoms with Crippen LogP contribution < -0.4 is 10.2 Å². The molecule has 0 aliphatic carbocycles. The molecule has 0 saturated carbocycles. The molecule has 1 aliphatic heterocycles. The Hall–Kier alpha value is -2.86. The number of hydrogen-bond acceptors (Lipinski definition) is 4. The van der Waals surface area contributed by atoms with Gasteiger partial charge in [-0.2, -0.15) is 0 Å². The number of H-pyrrole nitrogens is 1. The van der Waals surface area contributed by atoms with Crippen LogP contribution in [0.1, 0.15) is 29.8 Å². The first-order valence-electron chi connectivity index (χ1n) is 8.93. The molecular formula is C20H22N4O2. The van der Waals surface area contributed by atoms with E-state index in [0.717, 1.165) is 48.0 Å². The Balaban J connectivity index is 1.63. The molecule has 0 atom stereocenters. The van der Waals surface area contributed by atoms with Gasteiger partial charge >= 0.3 is 0 Å². The highest BCUT2D eigenvalue weighted by Gasteiger charge is 2.17. The molecule has 0 radical (unpaired) electrons. The van der Waals surface area contributed by atoms with E-state index in [1.807, 2.05) is 41.4 Å². The molecule has 3 aromatic rings. The maximum Gasteiger partial charge on any atom is 0.282 e. The number of ether oxygens (including phenoxy) is 1.